The lowest BCUT2D eigenvalue weighted by Gasteiger charge is -2.36. The first-order valence-electron chi connectivity index (χ1n) is 6.73. The van der Waals surface area contributed by atoms with Gasteiger partial charge in [-0.05, 0) is 38.1 Å². The van der Waals surface area contributed by atoms with Crippen molar-refractivity contribution >= 4 is 5.69 Å². The molecule has 2 rings (SSSR count). The predicted octanol–water partition coefficient (Wildman–Crippen LogP) is 1.69. The molecule has 0 spiro atoms. The van der Waals surface area contributed by atoms with E-state index < -0.39 is 0 Å². The van der Waals surface area contributed by atoms with Gasteiger partial charge in [-0.2, -0.15) is 0 Å². The van der Waals surface area contributed by atoms with Gasteiger partial charge < -0.3 is 10.6 Å². The van der Waals surface area contributed by atoms with Gasteiger partial charge in [0.05, 0.1) is 5.69 Å². The highest BCUT2D eigenvalue weighted by molar-refractivity contribution is 5.47. The Morgan fingerprint density at radius 3 is 2.44 bits per heavy atom. The fourth-order valence-electron chi connectivity index (χ4n) is 2.40. The maximum absolute atomic E-state index is 13.7. The first kappa shape index (κ1) is 13.3. The quantitative estimate of drug-likeness (QED) is 0.808. The summed E-state index contributed by atoms with van der Waals surface area (Å²) in [5.41, 5.74) is 6.23. The van der Waals surface area contributed by atoms with Crippen LogP contribution in [0.5, 0.6) is 0 Å². The number of unbranched alkanes of at least 4 members (excludes halogenated alkanes) is 1. The summed E-state index contributed by atoms with van der Waals surface area (Å²) in [5.74, 6) is -0.117. The Kier molecular flexibility index (Phi) is 4.96. The highest BCUT2D eigenvalue weighted by Crippen LogP contribution is 2.20. The Balaban J connectivity index is 1.81. The lowest BCUT2D eigenvalue weighted by molar-refractivity contribution is 0.253. The third-order valence-electron chi connectivity index (χ3n) is 3.49. The zero-order valence-corrected chi connectivity index (χ0v) is 10.8. The van der Waals surface area contributed by atoms with Crippen LogP contribution in [0, 0.1) is 5.82 Å². The molecule has 100 valence electrons. The highest BCUT2D eigenvalue weighted by Gasteiger charge is 2.18. The molecule has 0 aliphatic carbocycles. The maximum Gasteiger partial charge on any atom is 0.146 e. The van der Waals surface area contributed by atoms with Crippen molar-refractivity contribution in [3.63, 3.8) is 0 Å². The van der Waals surface area contributed by atoms with E-state index in [1.807, 2.05) is 12.1 Å². The molecule has 0 atom stereocenters. The average Bonchev–Trinajstić information content (AvgIpc) is 2.41. The van der Waals surface area contributed by atoms with Crippen molar-refractivity contribution < 1.29 is 4.39 Å². The van der Waals surface area contributed by atoms with Crippen LogP contribution in [-0.2, 0) is 0 Å². The summed E-state index contributed by atoms with van der Waals surface area (Å²) in [7, 11) is 0. The number of hydrogen-bond acceptors (Lipinski definition) is 3. The summed E-state index contributed by atoms with van der Waals surface area (Å²) in [4.78, 5) is 4.57. The van der Waals surface area contributed by atoms with Crippen LogP contribution in [0.1, 0.15) is 12.8 Å². The number of piperazine rings is 1. The minimum atomic E-state index is -0.117. The first-order chi connectivity index (χ1) is 8.81. The SMILES string of the molecule is NCCCCN1CCN(c2ccccc2F)CC1. The number of para-hydroxylation sites is 1. The minimum absolute atomic E-state index is 0.117. The first-order valence-corrected chi connectivity index (χ1v) is 6.73. The summed E-state index contributed by atoms with van der Waals surface area (Å²) in [6.45, 7) is 5.72. The van der Waals surface area contributed by atoms with E-state index in [0.29, 0.717) is 0 Å². The Bertz CT molecular complexity index is 362. The molecule has 0 saturated carbocycles. The molecule has 0 radical (unpaired) electrons. The summed E-state index contributed by atoms with van der Waals surface area (Å²) in [5, 5.41) is 0. The number of halogens is 1. The third-order valence-corrected chi connectivity index (χ3v) is 3.49. The topological polar surface area (TPSA) is 32.5 Å². The van der Waals surface area contributed by atoms with Gasteiger partial charge in [-0.3, -0.25) is 4.90 Å². The van der Waals surface area contributed by atoms with Gasteiger partial charge in [0.15, 0.2) is 0 Å². The monoisotopic (exact) mass is 251 g/mol. The van der Waals surface area contributed by atoms with Crippen molar-refractivity contribution in [1.82, 2.24) is 4.90 Å². The second-order valence-electron chi connectivity index (χ2n) is 4.78. The van der Waals surface area contributed by atoms with E-state index in [-0.39, 0.29) is 5.82 Å². The Labute approximate surface area is 108 Å². The Morgan fingerprint density at radius 2 is 1.78 bits per heavy atom. The number of benzene rings is 1. The molecule has 1 aromatic carbocycles. The van der Waals surface area contributed by atoms with E-state index in [1.54, 1.807) is 6.07 Å². The van der Waals surface area contributed by atoms with Crippen LogP contribution in [0.15, 0.2) is 24.3 Å². The lowest BCUT2D eigenvalue weighted by atomic mass is 10.2. The fraction of sp³-hybridized carbons (Fsp3) is 0.571. The molecule has 3 nitrogen and oxygen atoms in total. The second-order valence-corrected chi connectivity index (χ2v) is 4.78. The van der Waals surface area contributed by atoms with Crippen molar-refractivity contribution in [3.8, 4) is 0 Å². The van der Waals surface area contributed by atoms with Gasteiger partial charge in [0.25, 0.3) is 0 Å². The summed E-state index contributed by atoms with van der Waals surface area (Å²) >= 11 is 0. The summed E-state index contributed by atoms with van der Waals surface area (Å²) in [6, 6.07) is 7.02. The Hall–Kier alpha value is -1.13. The molecule has 0 unspecified atom stereocenters. The molecule has 1 aliphatic rings. The van der Waals surface area contributed by atoms with Crippen molar-refractivity contribution in [1.29, 1.82) is 0 Å². The van der Waals surface area contributed by atoms with Gasteiger partial charge in [0, 0.05) is 26.2 Å². The molecule has 18 heavy (non-hydrogen) atoms. The summed E-state index contributed by atoms with van der Waals surface area (Å²) in [6.07, 6.45) is 2.25. The van der Waals surface area contributed by atoms with Crippen molar-refractivity contribution in [2.75, 3.05) is 44.2 Å². The fourth-order valence-corrected chi connectivity index (χ4v) is 2.40. The smallest absolute Gasteiger partial charge is 0.146 e. The zero-order chi connectivity index (χ0) is 12.8. The molecule has 4 heteroatoms. The van der Waals surface area contributed by atoms with Crippen LogP contribution >= 0.6 is 0 Å². The van der Waals surface area contributed by atoms with E-state index in [9.17, 15) is 4.39 Å². The van der Waals surface area contributed by atoms with Gasteiger partial charge in [0.1, 0.15) is 5.82 Å². The minimum Gasteiger partial charge on any atom is -0.367 e. The molecule has 0 aromatic heterocycles. The molecule has 0 bridgehead atoms. The molecule has 1 aromatic rings. The number of nitrogens with two attached hydrogens (primary N) is 1. The second kappa shape index (κ2) is 6.71. The van der Waals surface area contributed by atoms with Crippen LogP contribution < -0.4 is 10.6 Å². The van der Waals surface area contributed by atoms with Crippen molar-refractivity contribution in [3.05, 3.63) is 30.1 Å². The number of rotatable bonds is 5. The van der Waals surface area contributed by atoms with E-state index >= 15 is 0 Å². The predicted molar refractivity (Wildman–Crippen MR) is 73.3 cm³/mol. The van der Waals surface area contributed by atoms with Crippen LogP contribution in [0.3, 0.4) is 0 Å². The molecular formula is C14H22FN3. The normalized spacial score (nSPS) is 17.1. The van der Waals surface area contributed by atoms with Gasteiger partial charge >= 0.3 is 0 Å². The van der Waals surface area contributed by atoms with Crippen LogP contribution in [0.25, 0.3) is 0 Å². The highest BCUT2D eigenvalue weighted by atomic mass is 19.1. The lowest BCUT2D eigenvalue weighted by Crippen LogP contribution is -2.46. The van der Waals surface area contributed by atoms with Crippen molar-refractivity contribution in [2.24, 2.45) is 5.73 Å². The molecule has 1 fully saturated rings. The molecule has 1 aliphatic heterocycles. The molecule has 1 saturated heterocycles. The number of anilines is 1. The van der Waals surface area contributed by atoms with Gasteiger partial charge in [-0.15, -0.1) is 0 Å². The van der Waals surface area contributed by atoms with Crippen molar-refractivity contribution in [2.45, 2.75) is 12.8 Å². The summed E-state index contributed by atoms with van der Waals surface area (Å²) < 4.78 is 13.7. The number of nitrogens with zero attached hydrogens (tertiary/aromatic N) is 2. The van der Waals surface area contributed by atoms with Crippen LogP contribution in [0.2, 0.25) is 0 Å². The van der Waals surface area contributed by atoms with Crippen LogP contribution in [0.4, 0.5) is 10.1 Å². The van der Waals surface area contributed by atoms with Gasteiger partial charge in [-0.25, -0.2) is 4.39 Å². The standard InChI is InChI=1S/C14H22FN3/c15-13-5-1-2-6-14(13)18-11-9-17(10-12-18)8-4-3-7-16/h1-2,5-6H,3-4,7-12,16H2. The average molecular weight is 251 g/mol. The van der Waals surface area contributed by atoms with E-state index in [2.05, 4.69) is 9.80 Å². The van der Waals surface area contributed by atoms with Gasteiger partial charge in [0.2, 0.25) is 0 Å². The van der Waals surface area contributed by atoms with Gasteiger partial charge in [-0.1, -0.05) is 12.1 Å². The maximum atomic E-state index is 13.7. The third kappa shape index (κ3) is 3.43. The molecule has 1 heterocycles. The molecule has 2 N–H and O–H groups in total. The Morgan fingerprint density at radius 1 is 1.06 bits per heavy atom. The van der Waals surface area contributed by atoms with E-state index in [0.717, 1.165) is 57.8 Å². The largest absolute Gasteiger partial charge is 0.367 e. The van der Waals surface area contributed by atoms with Crippen LogP contribution in [-0.4, -0.2) is 44.2 Å². The number of hydrogen-bond donors (Lipinski definition) is 1. The molecule has 0 amide bonds. The van der Waals surface area contributed by atoms with E-state index in [4.69, 9.17) is 5.73 Å². The van der Waals surface area contributed by atoms with E-state index in [1.165, 1.54) is 6.07 Å². The zero-order valence-electron chi connectivity index (χ0n) is 10.8. The molecular weight excluding hydrogens is 229 g/mol.